The monoisotopic (exact) mass is 296 g/mol. The maximum atomic E-state index is 5.48. The molecule has 1 rings (SSSR count). The van der Waals surface area contributed by atoms with Crippen LogP contribution in [0.25, 0.3) is 0 Å². The van der Waals surface area contributed by atoms with Crippen LogP contribution in [0.4, 0.5) is 0 Å². The van der Waals surface area contributed by atoms with Crippen molar-refractivity contribution >= 4 is 0 Å². The number of likely N-dealkylation sites (N-methyl/N-ethyl adjacent to an activating group) is 1. The first-order valence-corrected chi connectivity index (χ1v) is 7.03. The molecule has 0 fully saturated rings. The van der Waals surface area contributed by atoms with E-state index < -0.39 is 0 Å². The lowest BCUT2D eigenvalue weighted by atomic mass is 10.0. The van der Waals surface area contributed by atoms with E-state index in [0.717, 1.165) is 12.1 Å². The molecule has 0 aliphatic rings. The number of rotatable bonds is 8. The molecule has 1 aromatic carbocycles. The van der Waals surface area contributed by atoms with Gasteiger partial charge in [0.05, 0.1) is 21.3 Å². The van der Waals surface area contributed by atoms with E-state index in [0.29, 0.717) is 23.8 Å². The molecule has 0 saturated heterocycles. The fourth-order valence-electron chi connectivity index (χ4n) is 1.96. The number of nitrogens with one attached hydrogen (secondary N) is 1. The summed E-state index contributed by atoms with van der Waals surface area (Å²) in [5, 5.41) is 3.47. The van der Waals surface area contributed by atoms with Crippen LogP contribution >= 0.6 is 0 Å². The minimum absolute atomic E-state index is 0.0871. The van der Waals surface area contributed by atoms with Gasteiger partial charge in [0, 0.05) is 24.2 Å². The van der Waals surface area contributed by atoms with Gasteiger partial charge in [0.25, 0.3) is 0 Å². The topological polar surface area (TPSA) is 43.0 Å². The summed E-state index contributed by atoms with van der Waals surface area (Å²) in [5.41, 5.74) is 1.13. The number of hydrogen-bond acceptors (Lipinski definition) is 5. The summed E-state index contributed by atoms with van der Waals surface area (Å²) in [4.78, 5) is 2.20. The zero-order chi connectivity index (χ0) is 16.0. The van der Waals surface area contributed by atoms with E-state index in [1.807, 2.05) is 12.1 Å². The molecule has 0 atom stereocenters. The number of nitrogens with zero attached hydrogens (tertiary/aromatic N) is 1. The van der Waals surface area contributed by atoms with Gasteiger partial charge in [0.1, 0.15) is 0 Å². The number of benzene rings is 1. The Labute approximate surface area is 128 Å². The minimum atomic E-state index is 0.0871. The maximum absolute atomic E-state index is 5.48. The molecule has 5 nitrogen and oxygen atoms in total. The smallest absolute Gasteiger partial charge is 0.203 e. The molecule has 1 aromatic rings. The van der Waals surface area contributed by atoms with Gasteiger partial charge in [-0.05, 0) is 34.0 Å². The van der Waals surface area contributed by atoms with Gasteiger partial charge in [-0.3, -0.25) is 0 Å². The van der Waals surface area contributed by atoms with Crippen LogP contribution in [-0.2, 0) is 6.54 Å². The van der Waals surface area contributed by atoms with Crippen molar-refractivity contribution in [3.63, 3.8) is 0 Å². The third-order valence-electron chi connectivity index (χ3n) is 3.87. The van der Waals surface area contributed by atoms with E-state index in [1.165, 1.54) is 0 Å². The van der Waals surface area contributed by atoms with Gasteiger partial charge in [-0.15, -0.1) is 0 Å². The van der Waals surface area contributed by atoms with Gasteiger partial charge in [-0.25, -0.2) is 0 Å². The molecule has 0 aromatic heterocycles. The highest BCUT2D eigenvalue weighted by molar-refractivity contribution is 5.55. The first-order chi connectivity index (χ1) is 9.87. The zero-order valence-electron chi connectivity index (χ0n) is 14.2. The molecule has 0 bridgehead atoms. The summed E-state index contributed by atoms with van der Waals surface area (Å²) in [5.74, 6) is 2.02. The predicted molar refractivity (Wildman–Crippen MR) is 85.6 cm³/mol. The van der Waals surface area contributed by atoms with Crippen molar-refractivity contribution in [2.75, 3.05) is 42.0 Å². The van der Waals surface area contributed by atoms with Gasteiger partial charge in [0.15, 0.2) is 11.5 Å². The Hall–Kier alpha value is -1.46. The van der Waals surface area contributed by atoms with Crippen LogP contribution in [0.1, 0.15) is 19.4 Å². The first-order valence-electron chi connectivity index (χ1n) is 7.03. The van der Waals surface area contributed by atoms with Crippen molar-refractivity contribution in [3.8, 4) is 17.2 Å². The van der Waals surface area contributed by atoms with E-state index in [4.69, 9.17) is 14.2 Å². The number of ether oxygens (including phenoxy) is 3. The van der Waals surface area contributed by atoms with E-state index in [-0.39, 0.29) is 5.54 Å². The van der Waals surface area contributed by atoms with Crippen LogP contribution in [0.3, 0.4) is 0 Å². The molecule has 0 radical (unpaired) electrons. The van der Waals surface area contributed by atoms with Crippen molar-refractivity contribution in [1.29, 1.82) is 0 Å². The van der Waals surface area contributed by atoms with Crippen molar-refractivity contribution in [3.05, 3.63) is 17.7 Å². The summed E-state index contributed by atoms with van der Waals surface area (Å²) in [6, 6.07) is 3.89. The number of hydrogen-bond donors (Lipinski definition) is 1. The molecule has 0 aliphatic heterocycles. The van der Waals surface area contributed by atoms with E-state index in [2.05, 4.69) is 38.2 Å². The van der Waals surface area contributed by atoms with Crippen molar-refractivity contribution < 1.29 is 14.2 Å². The lowest BCUT2D eigenvalue weighted by Gasteiger charge is -2.33. The van der Waals surface area contributed by atoms with E-state index in [9.17, 15) is 0 Å². The molecule has 5 heteroatoms. The maximum Gasteiger partial charge on any atom is 0.203 e. The van der Waals surface area contributed by atoms with Crippen LogP contribution in [-0.4, -0.2) is 52.4 Å². The van der Waals surface area contributed by atoms with Crippen LogP contribution in [0.2, 0.25) is 0 Å². The predicted octanol–water partition coefficient (Wildman–Crippen LogP) is 2.14. The molecule has 0 amide bonds. The average Bonchev–Trinajstić information content (AvgIpc) is 2.45. The van der Waals surface area contributed by atoms with Crippen LogP contribution in [0, 0.1) is 0 Å². The Kier molecular flexibility index (Phi) is 6.30. The summed E-state index contributed by atoms with van der Waals surface area (Å²) in [6.45, 7) is 5.98. The van der Waals surface area contributed by atoms with E-state index in [1.54, 1.807) is 21.3 Å². The third kappa shape index (κ3) is 4.25. The Bertz CT molecular complexity index is 459. The van der Waals surface area contributed by atoms with Crippen LogP contribution in [0.15, 0.2) is 12.1 Å². The summed E-state index contributed by atoms with van der Waals surface area (Å²) in [7, 11) is 9.05. The quantitative estimate of drug-likeness (QED) is 0.796. The molecule has 120 valence electrons. The van der Waals surface area contributed by atoms with Crippen LogP contribution in [0.5, 0.6) is 17.2 Å². The molecule has 0 unspecified atom stereocenters. The second kappa shape index (κ2) is 7.52. The molecule has 1 N–H and O–H groups in total. The largest absolute Gasteiger partial charge is 0.493 e. The Balaban J connectivity index is 2.85. The van der Waals surface area contributed by atoms with Gasteiger partial charge in [-0.1, -0.05) is 6.07 Å². The summed E-state index contributed by atoms with van der Waals surface area (Å²) in [6.07, 6.45) is 0. The fraction of sp³-hybridized carbons (Fsp3) is 0.625. The standard InChI is InChI=1S/C16H28N2O3/c1-16(2,18(3)4)11-17-10-12-8-9-13(19-5)15(21-7)14(12)20-6/h8-9,17H,10-11H2,1-7H3. The molecule has 21 heavy (non-hydrogen) atoms. The molecule has 0 aliphatic carbocycles. The van der Waals surface area contributed by atoms with Crippen molar-refractivity contribution in [2.24, 2.45) is 0 Å². The highest BCUT2D eigenvalue weighted by Crippen LogP contribution is 2.39. The van der Waals surface area contributed by atoms with Gasteiger partial charge >= 0.3 is 0 Å². The lowest BCUT2D eigenvalue weighted by Crippen LogP contribution is -2.46. The fourth-order valence-corrected chi connectivity index (χ4v) is 1.96. The minimum Gasteiger partial charge on any atom is -0.493 e. The van der Waals surface area contributed by atoms with Crippen molar-refractivity contribution in [1.82, 2.24) is 10.2 Å². The third-order valence-corrected chi connectivity index (χ3v) is 3.87. The first kappa shape index (κ1) is 17.6. The average molecular weight is 296 g/mol. The second-order valence-corrected chi connectivity index (χ2v) is 5.80. The van der Waals surface area contributed by atoms with Gasteiger partial charge < -0.3 is 24.4 Å². The molecule has 0 spiro atoms. The Morgan fingerprint density at radius 2 is 1.62 bits per heavy atom. The van der Waals surface area contributed by atoms with Crippen LogP contribution < -0.4 is 19.5 Å². The van der Waals surface area contributed by atoms with Crippen molar-refractivity contribution in [2.45, 2.75) is 25.9 Å². The summed E-state index contributed by atoms with van der Waals surface area (Å²) >= 11 is 0. The highest BCUT2D eigenvalue weighted by Gasteiger charge is 2.20. The number of methoxy groups -OCH3 is 3. The zero-order valence-corrected chi connectivity index (χ0v) is 14.2. The van der Waals surface area contributed by atoms with Gasteiger partial charge in [-0.2, -0.15) is 0 Å². The summed E-state index contributed by atoms with van der Waals surface area (Å²) < 4.78 is 16.2. The molecule has 0 saturated carbocycles. The second-order valence-electron chi connectivity index (χ2n) is 5.80. The lowest BCUT2D eigenvalue weighted by molar-refractivity contribution is 0.189. The Morgan fingerprint density at radius 1 is 1.00 bits per heavy atom. The van der Waals surface area contributed by atoms with E-state index >= 15 is 0 Å². The SMILES string of the molecule is COc1ccc(CNCC(C)(C)N(C)C)c(OC)c1OC. The molecule has 0 heterocycles. The highest BCUT2D eigenvalue weighted by atomic mass is 16.5. The molecular formula is C16H28N2O3. The normalized spacial score (nSPS) is 11.6. The van der Waals surface area contributed by atoms with Gasteiger partial charge in [0.2, 0.25) is 5.75 Å². The Morgan fingerprint density at radius 3 is 2.10 bits per heavy atom. The molecular weight excluding hydrogens is 268 g/mol.